The summed E-state index contributed by atoms with van der Waals surface area (Å²) in [4.78, 5) is 24.2. The van der Waals surface area contributed by atoms with Crippen molar-refractivity contribution in [2.75, 3.05) is 0 Å². The fourth-order valence-electron chi connectivity index (χ4n) is 2.77. The Kier molecular flexibility index (Phi) is 2.64. The lowest BCUT2D eigenvalue weighted by molar-refractivity contribution is 0.0994. The summed E-state index contributed by atoms with van der Waals surface area (Å²) in [5, 5.41) is 10.2. The molecule has 98 valence electrons. The standard InChI is InChI=1S/C14H12ClNO3/c1-2-16-9-3-4-11(17)13(9)14(19)7-5-12(18)8(15)6-10(7)16/h5-6,18H,2-4H2,1H3. The molecule has 0 unspecified atom stereocenters. The van der Waals surface area contributed by atoms with E-state index in [1.54, 1.807) is 6.07 Å². The van der Waals surface area contributed by atoms with Crippen LogP contribution in [0, 0.1) is 0 Å². The number of hydrogen-bond donors (Lipinski definition) is 1. The molecule has 0 spiro atoms. The van der Waals surface area contributed by atoms with Crippen LogP contribution in [0.1, 0.15) is 29.4 Å². The number of fused-ring (bicyclic) bond motifs is 2. The summed E-state index contributed by atoms with van der Waals surface area (Å²) >= 11 is 5.92. The number of rotatable bonds is 1. The lowest BCUT2D eigenvalue weighted by Gasteiger charge is -2.15. The number of benzene rings is 1. The highest BCUT2D eigenvalue weighted by molar-refractivity contribution is 6.32. The summed E-state index contributed by atoms with van der Waals surface area (Å²) in [7, 11) is 0. The number of pyridine rings is 1. The molecule has 1 aromatic heterocycles. The van der Waals surface area contributed by atoms with Crippen LogP contribution >= 0.6 is 11.6 Å². The highest BCUT2D eigenvalue weighted by Crippen LogP contribution is 2.30. The van der Waals surface area contributed by atoms with E-state index >= 15 is 0 Å². The monoisotopic (exact) mass is 277 g/mol. The molecule has 1 N–H and O–H groups in total. The van der Waals surface area contributed by atoms with Crippen molar-refractivity contribution < 1.29 is 9.90 Å². The maximum atomic E-state index is 12.4. The number of carbonyl (C=O) groups is 1. The van der Waals surface area contributed by atoms with Crippen molar-refractivity contribution in [1.82, 2.24) is 4.57 Å². The van der Waals surface area contributed by atoms with Crippen LogP contribution in [0.4, 0.5) is 0 Å². The van der Waals surface area contributed by atoms with Crippen LogP contribution in [0.2, 0.25) is 5.02 Å². The molecule has 4 nitrogen and oxygen atoms in total. The van der Waals surface area contributed by atoms with Gasteiger partial charge >= 0.3 is 0 Å². The lowest BCUT2D eigenvalue weighted by atomic mass is 10.1. The van der Waals surface area contributed by atoms with E-state index in [-0.39, 0.29) is 27.5 Å². The molecule has 1 heterocycles. The van der Waals surface area contributed by atoms with Gasteiger partial charge in [0.15, 0.2) is 5.78 Å². The molecule has 0 fully saturated rings. The maximum Gasteiger partial charge on any atom is 0.200 e. The van der Waals surface area contributed by atoms with E-state index < -0.39 is 0 Å². The van der Waals surface area contributed by atoms with Gasteiger partial charge in [0.05, 0.1) is 21.5 Å². The van der Waals surface area contributed by atoms with Gasteiger partial charge in [0, 0.05) is 18.7 Å². The highest BCUT2D eigenvalue weighted by atomic mass is 35.5. The Morgan fingerprint density at radius 2 is 2.05 bits per heavy atom. The smallest absolute Gasteiger partial charge is 0.200 e. The summed E-state index contributed by atoms with van der Waals surface area (Å²) in [6.45, 7) is 2.60. The van der Waals surface area contributed by atoms with E-state index in [1.807, 2.05) is 11.5 Å². The fraction of sp³-hybridized carbons (Fsp3) is 0.286. The predicted octanol–water partition coefficient (Wildman–Crippen LogP) is 2.51. The van der Waals surface area contributed by atoms with E-state index in [9.17, 15) is 14.7 Å². The van der Waals surface area contributed by atoms with Crippen molar-refractivity contribution in [3.05, 3.63) is 38.6 Å². The van der Waals surface area contributed by atoms with E-state index in [0.29, 0.717) is 30.3 Å². The molecule has 1 aliphatic carbocycles. The molecule has 0 aliphatic heterocycles. The number of ketones is 1. The van der Waals surface area contributed by atoms with Crippen molar-refractivity contribution in [2.45, 2.75) is 26.3 Å². The first-order chi connectivity index (χ1) is 9.04. The molecule has 2 aromatic rings. The zero-order valence-electron chi connectivity index (χ0n) is 10.4. The van der Waals surface area contributed by atoms with Gasteiger partial charge in [0.1, 0.15) is 5.75 Å². The van der Waals surface area contributed by atoms with Crippen LogP contribution in [0.5, 0.6) is 5.75 Å². The van der Waals surface area contributed by atoms with Gasteiger partial charge in [-0.25, -0.2) is 0 Å². The highest BCUT2D eigenvalue weighted by Gasteiger charge is 2.27. The van der Waals surface area contributed by atoms with E-state index in [0.717, 1.165) is 5.69 Å². The molecule has 0 saturated carbocycles. The Morgan fingerprint density at radius 1 is 1.32 bits per heavy atom. The summed E-state index contributed by atoms with van der Waals surface area (Å²) < 4.78 is 1.93. The van der Waals surface area contributed by atoms with Gasteiger partial charge in [-0.15, -0.1) is 0 Å². The normalized spacial score (nSPS) is 14.1. The van der Waals surface area contributed by atoms with Crippen LogP contribution in [0.15, 0.2) is 16.9 Å². The van der Waals surface area contributed by atoms with Gasteiger partial charge in [0.25, 0.3) is 0 Å². The molecule has 0 saturated heterocycles. The molecule has 1 aliphatic rings. The Labute approximate surface area is 114 Å². The van der Waals surface area contributed by atoms with Gasteiger partial charge in [0.2, 0.25) is 5.43 Å². The van der Waals surface area contributed by atoms with Crippen molar-refractivity contribution in [3.63, 3.8) is 0 Å². The third kappa shape index (κ3) is 1.60. The van der Waals surface area contributed by atoms with Crippen LogP contribution in [-0.2, 0) is 13.0 Å². The lowest BCUT2D eigenvalue weighted by Crippen LogP contribution is -2.19. The number of aromatic hydroxyl groups is 1. The molecule has 0 bridgehead atoms. The number of nitrogens with zero attached hydrogens (tertiary/aromatic N) is 1. The number of phenolic OH excluding ortho intramolecular Hbond substituents is 1. The van der Waals surface area contributed by atoms with Crippen molar-refractivity contribution >= 4 is 28.3 Å². The first-order valence-corrected chi connectivity index (χ1v) is 6.53. The Hall–Kier alpha value is -1.81. The third-order valence-corrected chi connectivity index (χ3v) is 3.93. The maximum absolute atomic E-state index is 12.4. The number of aryl methyl sites for hydroxylation is 1. The average Bonchev–Trinajstić information content (AvgIpc) is 2.75. The molecule has 19 heavy (non-hydrogen) atoms. The summed E-state index contributed by atoms with van der Waals surface area (Å²) in [5.74, 6) is -0.252. The van der Waals surface area contributed by atoms with E-state index in [1.165, 1.54) is 6.07 Å². The fourth-order valence-corrected chi connectivity index (χ4v) is 2.93. The number of Topliss-reactive ketones (excluding diaryl/α,β-unsaturated/α-hetero) is 1. The SMILES string of the molecule is CCn1c2c(c(=O)c3cc(O)c(Cl)cc31)C(=O)CC2. The largest absolute Gasteiger partial charge is 0.506 e. The second-order valence-electron chi connectivity index (χ2n) is 4.64. The minimum atomic E-state index is -0.302. The van der Waals surface area contributed by atoms with Crippen molar-refractivity contribution in [3.8, 4) is 5.75 Å². The summed E-state index contributed by atoms with van der Waals surface area (Å²) in [6.07, 6.45) is 0.965. The molecular formula is C14H12ClNO3. The molecule has 0 amide bonds. The second kappa shape index (κ2) is 4.10. The van der Waals surface area contributed by atoms with Gasteiger partial charge in [-0.1, -0.05) is 11.6 Å². The minimum Gasteiger partial charge on any atom is -0.506 e. The van der Waals surface area contributed by atoms with Gasteiger partial charge in [-0.05, 0) is 25.5 Å². The first kappa shape index (κ1) is 12.2. The molecular weight excluding hydrogens is 266 g/mol. The van der Waals surface area contributed by atoms with Crippen LogP contribution < -0.4 is 5.43 Å². The average molecular weight is 278 g/mol. The second-order valence-corrected chi connectivity index (χ2v) is 5.05. The van der Waals surface area contributed by atoms with E-state index in [2.05, 4.69) is 0 Å². The number of phenols is 1. The molecule has 0 radical (unpaired) electrons. The topological polar surface area (TPSA) is 59.3 Å². The molecule has 3 rings (SSSR count). The van der Waals surface area contributed by atoms with Gasteiger partial charge in [-0.2, -0.15) is 0 Å². The minimum absolute atomic E-state index is 0.112. The summed E-state index contributed by atoms with van der Waals surface area (Å²) in [6, 6.07) is 2.93. The predicted molar refractivity (Wildman–Crippen MR) is 73.2 cm³/mol. The molecule has 1 aromatic carbocycles. The number of carbonyl (C=O) groups excluding carboxylic acids is 1. The zero-order chi connectivity index (χ0) is 13.7. The molecule has 0 atom stereocenters. The van der Waals surface area contributed by atoms with Gasteiger partial charge < -0.3 is 9.67 Å². The number of hydrogen-bond acceptors (Lipinski definition) is 3. The van der Waals surface area contributed by atoms with Crippen LogP contribution in [0.25, 0.3) is 10.9 Å². The number of aromatic nitrogens is 1. The third-order valence-electron chi connectivity index (χ3n) is 3.63. The van der Waals surface area contributed by atoms with Gasteiger partial charge in [-0.3, -0.25) is 9.59 Å². The molecule has 5 heteroatoms. The first-order valence-electron chi connectivity index (χ1n) is 6.15. The van der Waals surface area contributed by atoms with Crippen LogP contribution in [-0.4, -0.2) is 15.5 Å². The zero-order valence-corrected chi connectivity index (χ0v) is 11.1. The Morgan fingerprint density at radius 3 is 2.74 bits per heavy atom. The van der Waals surface area contributed by atoms with Crippen molar-refractivity contribution in [1.29, 1.82) is 0 Å². The van der Waals surface area contributed by atoms with E-state index in [4.69, 9.17) is 11.6 Å². The van der Waals surface area contributed by atoms with Crippen molar-refractivity contribution in [2.24, 2.45) is 0 Å². The number of halogens is 1. The van der Waals surface area contributed by atoms with Crippen LogP contribution in [0.3, 0.4) is 0 Å². The summed E-state index contributed by atoms with van der Waals surface area (Å²) in [5.41, 5.74) is 1.43. The Balaban J connectivity index is 2.56. The Bertz CT molecular complexity index is 777. The quantitative estimate of drug-likeness (QED) is 0.871.